The molecule has 182 valence electrons. The van der Waals surface area contributed by atoms with Crippen molar-refractivity contribution in [2.45, 2.75) is 37.9 Å². The van der Waals surface area contributed by atoms with Crippen LogP contribution in [0, 0.1) is 13.8 Å². The zero-order valence-corrected chi connectivity index (χ0v) is 20.9. The van der Waals surface area contributed by atoms with E-state index in [0.717, 1.165) is 24.0 Å². The predicted molar refractivity (Wildman–Crippen MR) is 143 cm³/mol. The van der Waals surface area contributed by atoms with Crippen molar-refractivity contribution in [3.8, 4) is 5.69 Å². The van der Waals surface area contributed by atoms with Gasteiger partial charge in [0.25, 0.3) is 11.5 Å². The summed E-state index contributed by atoms with van der Waals surface area (Å²) in [4.78, 5) is 43.7. The van der Waals surface area contributed by atoms with E-state index >= 15 is 0 Å². The predicted octanol–water partition coefficient (Wildman–Crippen LogP) is 4.63. The van der Waals surface area contributed by atoms with Crippen molar-refractivity contribution in [3.63, 3.8) is 0 Å². The van der Waals surface area contributed by atoms with Crippen molar-refractivity contribution in [2.75, 3.05) is 11.1 Å². The number of fused-ring (bicyclic) bond motifs is 1. The monoisotopic (exact) mass is 498 g/mol. The van der Waals surface area contributed by atoms with Gasteiger partial charge >= 0.3 is 0 Å². The number of benzene rings is 3. The molecule has 36 heavy (non-hydrogen) atoms. The number of nitrogens with zero attached hydrogens (tertiary/aromatic N) is 2. The first kappa shape index (κ1) is 23.8. The van der Waals surface area contributed by atoms with E-state index in [1.54, 1.807) is 41.0 Å². The maximum absolute atomic E-state index is 13.5. The number of amides is 2. The maximum atomic E-state index is 13.5. The smallest absolute Gasteiger partial charge is 0.266 e. The van der Waals surface area contributed by atoms with Gasteiger partial charge in [-0.3, -0.25) is 19.0 Å². The number of carbonyl (C=O) groups excluding carboxylic acids is 2. The van der Waals surface area contributed by atoms with Crippen molar-refractivity contribution in [2.24, 2.45) is 0 Å². The van der Waals surface area contributed by atoms with E-state index in [2.05, 4.69) is 10.6 Å². The lowest BCUT2D eigenvalue weighted by molar-refractivity contribution is -0.113. The van der Waals surface area contributed by atoms with Gasteiger partial charge in [0.15, 0.2) is 5.16 Å². The molecule has 0 aliphatic heterocycles. The highest BCUT2D eigenvalue weighted by molar-refractivity contribution is 7.99. The van der Waals surface area contributed by atoms with Crippen molar-refractivity contribution >= 4 is 40.2 Å². The number of thioether (sulfide) groups is 1. The van der Waals surface area contributed by atoms with E-state index in [0.29, 0.717) is 33.0 Å². The van der Waals surface area contributed by atoms with Crippen LogP contribution in [-0.2, 0) is 4.79 Å². The van der Waals surface area contributed by atoms with E-state index in [-0.39, 0.29) is 29.2 Å². The lowest BCUT2D eigenvalue weighted by atomic mass is 10.1. The average Bonchev–Trinajstić information content (AvgIpc) is 3.66. The number of nitrogens with one attached hydrogen (secondary N) is 2. The number of aryl methyl sites for hydroxylation is 2. The second kappa shape index (κ2) is 9.99. The highest BCUT2D eigenvalue weighted by atomic mass is 32.2. The van der Waals surface area contributed by atoms with E-state index in [1.165, 1.54) is 11.8 Å². The minimum atomic E-state index is -0.291. The lowest BCUT2D eigenvalue weighted by Gasteiger charge is -2.15. The van der Waals surface area contributed by atoms with Crippen LogP contribution in [0.15, 0.2) is 76.7 Å². The largest absolute Gasteiger partial charge is 0.349 e. The third-order valence-electron chi connectivity index (χ3n) is 5.90. The Morgan fingerprint density at radius 2 is 1.69 bits per heavy atom. The van der Waals surface area contributed by atoms with Crippen LogP contribution >= 0.6 is 11.8 Å². The molecule has 8 heteroatoms. The van der Waals surface area contributed by atoms with Gasteiger partial charge in [0, 0.05) is 6.04 Å². The molecule has 0 radical (unpaired) electrons. The molecule has 2 N–H and O–H groups in total. The molecule has 1 aromatic heterocycles. The second-order valence-electron chi connectivity index (χ2n) is 9.03. The Hall–Kier alpha value is -3.91. The molecule has 5 rings (SSSR count). The third-order valence-corrected chi connectivity index (χ3v) is 6.84. The first-order valence-corrected chi connectivity index (χ1v) is 12.8. The summed E-state index contributed by atoms with van der Waals surface area (Å²) in [6, 6.07) is 20.3. The van der Waals surface area contributed by atoms with Crippen LogP contribution in [0.4, 0.5) is 5.69 Å². The minimum absolute atomic E-state index is 0.0220. The number of carbonyl (C=O) groups is 2. The SMILES string of the molecule is Cc1cc(C)cc(-n2c(SCC(=O)Nc3ccccc3C(=O)NC3CC3)nc3ccccc3c2=O)c1. The molecule has 1 heterocycles. The van der Waals surface area contributed by atoms with Crippen LogP contribution in [0.2, 0.25) is 0 Å². The zero-order valence-electron chi connectivity index (χ0n) is 20.1. The van der Waals surface area contributed by atoms with Crippen molar-refractivity contribution in [1.82, 2.24) is 14.9 Å². The number of hydrogen-bond donors (Lipinski definition) is 2. The standard InChI is InChI=1S/C28H26N4O3S/c1-17-13-18(2)15-20(14-17)32-27(35)22-8-4-6-10-24(22)31-28(32)36-16-25(33)30-23-9-5-3-7-21(23)26(34)29-19-11-12-19/h3-10,13-15,19H,11-12,16H2,1-2H3,(H,29,34)(H,30,33). The molecular formula is C28H26N4O3S. The topological polar surface area (TPSA) is 93.1 Å². The summed E-state index contributed by atoms with van der Waals surface area (Å²) in [6.07, 6.45) is 1.97. The summed E-state index contributed by atoms with van der Waals surface area (Å²) >= 11 is 1.18. The summed E-state index contributed by atoms with van der Waals surface area (Å²) in [5, 5.41) is 6.75. The van der Waals surface area contributed by atoms with Gasteiger partial charge < -0.3 is 10.6 Å². The number of para-hydroxylation sites is 2. The molecule has 4 aromatic rings. The normalized spacial score (nSPS) is 12.9. The fourth-order valence-corrected chi connectivity index (χ4v) is 4.93. The molecule has 1 fully saturated rings. The molecule has 3 aromatic carbocycles. The summed E-state index contributed by atoms with van der Waals surface area (Å²) in [7, 11) is 0. The molecule has 7 nitrogen and oxygen atoms in total. The Bertz CT molecular complexity index is 1520. The quantitative estimate of drug-likeness (QED) is 0.286. The van der Waals surface area contributed by atoms with E-state index in [4.69, 9.17) is 4.98 Å². The Morgan fingerprint density at radius 3 is 2.44 bits per heavy atom. The molecule has 1 saturated carbocycles. The fraction of sp³-hybridized carbons (Fsp3) is 0.214. The molecule has 0 bridgehead atoms. The van der Waals surface area contributed by atoms with Crippen molar-refractivity contribution in [1.29, 1.82) is 0 Å². The van der Waals surface area contributed by atoms with Crippen LogP contribution in [0.3, 0.4) is 0 Å². The number of aromatic nitrogens is 2. The van der Waals surface area contributed by atoms with Gasteiger partial charge in [-0.25, -0.2) is 4.98 Å². The molecule has 0 spiro atoms. The summed E-state index contributed by atoms with van der Waals surface area (Å²) in [5.74, 6) is -0.462. The summed E-state index contributed by atoms with van der Waals surface area (Å²) in [6.45, 7) is 3.96. The van der Waals surface area contributed by atoms with Gasteiger partial charge in [-0.15, -0.1) is 0 Å². The second-order valence-corrected chi connectivity index (χ2v) is 9.97. The summed E-state index contributed by atoms with van der Waals surface area (Å²) in [5.41, 5.74) is 4.04. The van der Waals surface area contributed by atoms with E-state index in [1.807, 2.05) is 44.2 Å². The molecule has 0 atom stereocenters. The molecule has 0 unspecified atom stereocenters. The molecule has 1 aliphatic carbocycles. The Labute approximate surface area is 212 Å². The van der Waals surface area contributed by atoms with Crippen molar-refractivity contribution < 1.29 is 9.59 Å². The van der Waals surface area contributed by atoms with Crippen LogP contribution in [0.25, 0.3) is 16.6 Å². The third kappa shape index (κ3) is 5.18. The number of rotatable bonds is 7. The summed E-state index contributed by atoms with van der Waals surface area (Å²) < 4.78 is 1.57. The van der Waals surface area contributed by atoms with Gasteiger partial charge in [0.1, 0.15) is 0 Å². The van der Waals surface area contributed by atoms with Gasteiger partial charge in [0.05, 0.1) is 33.6 Å². The van der Waals surface area contributed by atoms with Crippen molar-refractivity contribution in [3.05, 3.63) is 93.8 Å². The lowest BCUT2D eigenvalue weighted by Crippen LogP contribution is -2.27. The van der Waals surface area contributed by atoms with Gasteiger partial charge in [-0.2, -0.15) is 0 Å². The fourth-order valence-electron chi connectivity index (χ4n) is 4.11. The molecule has 2 amide bonds. The Morgan fingerprint density at radius 1 is 1.00 bits per heavy atom. The molecule has 1 aliphatic rings. The van der Waals surface area contributed by atoms with Crippen LogP contribution in [-0.4, -0.2) is 33.2 Å². The van der Waals surface area contributed by atoms with Gasteiger partial charge in [-0.1, -0.05) is 42.1 Å². The molecule has 0 saturated heterocycles. The Kier molecular flexibility index (Phi) is 6.61. The highest BCUT2D eigenvalue weighted by Gasteiger charge is 2.25. The van der Waals surface area contributed by atoms with Crippen LogP contribution in [0.5, 0.6) is 0 Å². The maximum Gasteiger partial charge on any atom is 0.266 e. The van der Waals surface area contributed by atoms with Crippen LogP contribution in [0.1, 0.15) is 34.3 Å². The Balaban J connectivity index is 1.42. The first-order valence-electron chi connectivity index (χ1n) is 11.8. The number of anilines is 1. The zero-order chi connectivity index (χ0) is 25.2. The molecular weight excluding hydrogens is 472 g/mol. The average molecular weight is 499 g/mol. The number of hydrogen-bond acceptors (Lipinski definition) is 5. The highest BCUT2D eigenvalue weighted by Crippen LogP contribution is 2.24. The minimum Gasteiger partial charge on any atom is -0.349 e. The van der Waals surface area contributed by atoms with Gasteiger partial charge in [0.2, 0.25) is 5.91 Å². The van der Waals surface area contributed by atoms with E-state index < -0.39 is 0 Å². The first-order chi connectivity index (χ1) is 17.4. The van der Waals surface area contributed by atoms with E-state index in [9.17, 15) is 14.4 Å². The van der Waals surface area contributed by atoms with Crippen LogP contribution < -0.4 is 16.2 Å². The van der Waals surface area contributed by atoms with Gasteiger partial charge in [-0.05, 0) is 74.2 Å².